The normalized spacial score (nSPS) is 10.8. The average molecular weight is 259 g/mol. The highest BCUT2D eigenvalue weighted by molar-refractivity contribution is 7.16. The van der Waals surface area contributed by atoms with Gasteiger partial charge in [-0.05, 0) is 11.4 Å². The van der Waals surface area contributed by atoms with Crippen LogP contribution in [0.1, 0.15) is 10.4 Å². The molecule has 0 saturated heterocycles. The number of carbonyl (C=O) groups is 1. The number of rotatable bonds is 3. The zero-order valence-electron chi connectivity index (χ0n) is 8.31. The number of carbonyl (C=O) groups excluding carboxylic acids is 1. The predicted molar refractivity (Wildman–Crippen MR) is 57.9 cm³/mol. The summed E-state index contributed by atoms with van der Waals surface area (Å²) in [5.74, 6) is 4.00. The molecule has 1 amide bonds. The first-order chi connectivity index (χ1) is 8.13. The van der Waals surface area contributed by atoms with Crippen molar-refractivity contribution in [2.45, 2.75) is 6.61 Å². The van der Waals surface area contributed by atoms with E-state index in [0.29, 0.717) is 10.2 Å². The van der Waals surface area contributed by atoms with Gasteiger partial charge in [0, 0.05) is 5.39 Å². The van der Waals surface area contributed by atoms with Gasteiger partial charge in [0.15, 0.2) is 5.75 Å². The van der Waals surface area contributed by atoms with E-state index in [1.54, 1.807) is 11.4 Å². The van der Waals surface area contributed by atoms with Crippen molar-refractivity contribution in [1.82, 2.24) is 10.4 Å². The number of thiophene rings is 1. The lowest BCUT2D eigenvalue weighted by Gasteiger charge is -2.09. The van der Waals surface area contributed by atoms with Gasteiger partial charge in [-0.15, -0.1) is 11.3 Å². The van der Waals surface area contributed by atoms with E-state index in [4.69, 9.17) is 5.84 Å². The van der Waals surface area contributed by atoms with Crippen LogP contribution in [0.15, 0.2) is 17.6 Å². The minimum absolute atomic E-state index is 0.0425. The predicted octanol–water partition coefficient (Wildman–Crippen LogP) is 1.50. The number of nitrogens with one attached hydrogen (secondary N) is 1. The number of aromatic nitrogens is 1. The third kappa shape index (κ3) is 2.17. The Labute approximate surface area is 98.2 Å². The Balaban J connectivity index is 2.61. The molecule has 2 rings (SSSR count). The second kappa shape index (κ2) is 4.60. The summed E-state index contributed by atoms with van der Waals surface area (Å²) in [6, 6.07) is 1.59. The lowest BCUT2D eigenvalue weighted by Crippen LogP contribution is -2.30. The van der Waals surface area contributed by atoms with Crippen LogP contribution in [0, 0.1) is 0 Å². The Kier molecular flexibility index (Phi) is 3.16. The Hall–Kier alpha value is -1.80. The van der Waals surface area contributed by atoms with E-state index in [1.807, 2.05) is 5.43 Å². The summed E-state index contributed by atoms with van der Waals surface area (Å²) in [4.78, 5) is 16.0. The largest absolute Gasteiger partial charge is 0.432 e. The smallest absolute Gasteiger partial charge is 0.387 e. The van der Waals surface area contributed by atoms with Gasteiger partial charge >= 0.3 is 6.61 Å². The van der Waals surface area contributed by atoms with Crippen molar-refractivity contribution < 1.29 is 18.3 Å². The molecule has 2 aromatic rings. The highest BCUT2D eigenvalue weighted by atomic mass is 32.1. The topological polar surface area (TPSA) is 77.2 Å². The third-order valence-corrected chi connectivity index (χ3v) is 2.85. The number of amides is 1. The third-order valence-electron chi connectivity index (χ3n) is 2.03. The molecule has 0 fully saturated rings. The fourth-order valence-corrected chi connectivity index (χ4v) is 2.14. The van der Waals surface area contributed by atoms with Gasteiger partial charge in [0.05, 0.1) is 11.8 Å². The summed E-state index contributed by atoms with van der Waals surface area (Å²) in [6.45, 7) is -3.03. The standard InChI is InChI=1S/C9H7F2N3O2S/c10-9(11)16-5-3-13-8-4(1-2-17-8)6(5)7(15)14-12/h1-3,9H,12H2,(H,14,15). The number of hydrogen-bond donors (Lipinski definition) is 2. The molecular formula is C9H7F2N3O2S. The summed E-state index contributed by atoms with van der Waals surface area (Å²) in [7, 11) is 0. The van der Waals surface area contributed by atoms with Gasteiger partial charge < -0.3 is 4.74 Å². The van der Waals surface area contributed by atoms with Gasteiger partial charge in [0.25, 0.3) is 5.91 Å². The van der Waals surface area contributed by atoms with Crippen molar-refractivity contribution in [2.75, 3.05) is 0 Å². The molecule has 90 valence electrons. The second-order valence-electron chi connectivity index (χ2n) is 2.99. The van der Waals surface area contributed by atoms with Gasteiger partial charge in [-0.1, -0.05) is 0 Å². The summed E-state index contributed by atoms with van der Waals surface area (Å²) in [5.41, 5.74) is 1.85. The highest BCUT2D eigenvalue weighted by Crippen LogP contribution is 2.30. The molecule has 2 heterocycles. The molecule has 0 aliphatic rings. The molecule has 0 saturated carbocycles. The van der Waals surface area contributed by atoms with Crippen LogP contribution in [0.25, 0.3) is 10.2 Å². The molecule has 3 N–H and O–H groups in total. The number of pyridine rings is 1. The minimum atomic E-state index is -3.03. The Morgan fingerprint density at radius 3 is 3.00 bits per heavy atom. The maximum Gasteiger partial charge on any atom is 0.387 e. The van der Waals surface area contributed by atoms with E-state index >= 15 is 0 Å². The van der Waals surface area contributed by atoms with E-state index in [2.05, 4.69) is 9.72 Å². The fraction of sp³-hybridized carbons (Fsp3) is 0.111. The number of fused-ring (bicyclic) bond motifs is 1. The van der Waals surface area contributed by atoms with Crippen LogP contribution in [-0.4, -0.2) is 17.5 Å². The molecule has 0 atom stereocenters. The maximum atomic E-state index is 12.2. The van der Waals surface area contributed by atoms with Crippen LogP contribution >= 0.6 is 11.3 Å². The summed E-state index contributed by atoms with van der Waals surface area (Å²) >= 11 is 1.28. The molecule has 0 unspecified atom stereocenters. The van der Waals surface area contributed by atoms with Crippen molar-refractivity contribution in [3.63, 3.8) is 0 Å². The van der Waals surface area contributed by atoms with Gasteiger partial charge in [-0.25, -0.2) is 10.8 Å². The number of halogens is 2. The van der Waals surface area contributed by atoms with Crippen molar-refractivity contribution in [3.05, 3.63) is 23.2 Å². The molecule has 0 aliphatic carbocycles. The molecule has 8 heteroatoms. The zero-order valence-corrected chi connectivity index (χ0v) is 9.13. The fourth-order valence-electron chi connectivity index (χ4n) is 1.40. The summed E-state index contributed by atoms with van der Waals surface area (Å²) < 4.78 is 28.6. The molecule has 0 aromatic carbocycles. The molecule has 17 heavy (non-hydrogen) atoms. The van der Waals surface area contributed by atoms with Crippen molar-refractivity contribution >= 4 is 27.5 Å². The lowest BCUT2D eigenvalue weighted by molar-refractivity contribution is -0.0502. The van der Waals surface area contributed by atoms with Crippen molar-refractivity contribution in [1.29, 1.82) is 0 Å². The second-order valence-corrected chi connectivity index (χ2v) is 3.88. The van der Waals surface area contributed by atoms with E-state index < -0.39 is 12.5 Å². The van der Waals surface area contributed by atoms with E-state index in [0.717, 1.165) is 6.20 Å². The number of nitrogens with two attached hydrogens (primary N) is 1. The van der Waals surface area contributed by atoms with Crippen LogP contribution in [0.5, 0.6) is 5.75 Å². The Bertz CT molecular complexity index is 558. The number of nitrogens with zero attached hydrogens (tertiary/aromatic N) is 1. The Morgan fingerprint density at radius 2 is 2.35 bits per heavy atom. The van der Waals surface area contributed by atoms with Gasteiger partial charge in [-0.3, -0.25) is 10.2 Å². The number of nitrogen functional groups attached to an aromatic ring is 1. The maximum absolute atomic E-state index is 12.2. The SMILES string of the molecule is NNC(=O)c1c(OC(F)F)cnc2sccc12. The van der Waals surface area contributed by atoms with Crippen molar-refractivity contribution in [2.24, 2.45) is 5.84 Å². The number of alkyl halides is 2. The first-order valence-electron chi connectivity index (χ1n) is 4.45. The van der Waals surface area contributed by atoms with E-state index in [9.17, 15) is 13.6 Å². The minimum Gasteiger partial charge on any atom is -0.432 e. The number of ether oxygens (including phenoxy) is 1. The van der Waals surface area contributed by atoms with Crippen LogP contribution in [0.3, 0.4) is 0 Å². The van der Waals surface area contributed by atoms with Crippen LogP contribution in [0.2, 0.25) is 0 Å². The zero-order chi connectivity index (χ0) is 12.4. The highest BCUT2D eigenvalue weighted by Gasteiger charge is 2.19. The molecule has 0 spiro atoms. The average Bonchev–Trinajstić information content (AvgIpc) is 2.75. The van der Waals surface area contributed by atoms with Gasteiger partial charge in [0.2, 0.25) is 0 Å². The lowest BCUT2D eigenvalue weighted by atomic mass is 10.1. The summed E-state index contributed by atoms with van der Waals surface area (Å²) in [5, 5.41) is 2.12. The molecule has 0 radical (unpaired) electrons. The van der Waals surface area contributed by atoms with E-state index in [-0.39, 0.29) is 11.3 Å². The first kappa shape index (κ1) is 11.7. The monoisotopic (exact) mass is 259 g/mol. The van der Waals surface area contributed by atoms with Gasteiger partial charge in [-0.2, -0.15) is 8.78 Å². The first-order valence-corrected chi connectivity index (χ1v) is 5.33. The summed E-state index contributed by atoms with van der Waals surface area (Å²) in [6.07, 6.45) is 1.08. The molecule has 5 nitrogen and oxygen atoms in total. The van der Waals surface area contributed by atoms with Crippen LogP contribution < -0.4 is 16.0 Å². The number of hydrazine groups is 1. The quantitative estimate of drug-likeness (QED) is 0.497. The van der Waals surface area contributed by atoms with Crippen LogP contribution in [-0.2, 0) is 0 Å². The van der Waals surface area contributed by atoms with Gasteiger partial charge in [0.1, 0.15) is 4.83 Å². The Morgan fingerprint density at radius 1 is 1.59 bits per heavy atom. The van der Waals surface area contributed by atoms with Crippen LogP contribution in [0.4, 0.5) is 8.78 Å². The molecular weight excluding hydrogens is 252 g/mol. The van der Waals surface area contributed by atoms with E-state index in [1.165, 1.54) is 11.3 Å². The molecule has 2 aromatic heterocycles. The number of hydrogen-bond acceptors (Lipinski definition) is 5. The molecule has 0 aliphatic heterocycles. The molecule has 0 bridgehead atoms. The van der Waals surface area contributed by atoms with Crippen molar-refractivity contribution in [3.8, 4) is 5.75 Å².